The van der Waals surface area contributed by atoms with E-state index < -0.39 is 11.4 Å². The molecule has 2 N–H and O–H groups in total. The molecule has 0 aliphatic carbocycles. The summed E-state index contributed by atoms with van der Waals surface area (Å²) in [5, 5.41) is 12.8. The lowest BCUT2D eigenvalue weighted by Gasteiger charge is -2.37. The molecule has 0 heterocycles. The number of aliphatic carboxylic acids is 1. The number of nitrogens with one attached hydrogen (secondary N) is 1. The van der Waals surface area contributed by atoms with Crippen molar-refractivity contribution in [1.29, 1.82) is 0 Å². The van der Waals surface area contributed by atoms with Gasteiger partial charge >= 0.3 is 5.97 Å². The Labute approximate surface area is 109 Å². The van der Waals surface area contributed by atoms with Crippen LogP contribution in [-0.2, 0) is 4.79 Å². The van der Waals surface area contributed by atoms with Crippen molar-refractivity contribution in [1.82, 2.24) is 5.32 Å². The summed E-state index contributed by atoms with van der Waals surface area (Å²) in [6.07, 6.45) is 0. The molecule has 3 heteroatoms. The van der Waals surface area contributed by atoms with Gasteiger partial charge in [-0.15, -0.1) is 0 Å². The third kappa shape index (κ3) is 3.57. The first-order valence-corrected chi connectivity index (χ1v) is 6.20. The van der Waals surface area contributed by atoms with Gasteiger partial charge in [-0.05, 0) is 40.2 Å². The van der Waals surface area contributed by atoms with Gasteiger partial charge in [0.25, 0.3) is 0 Å². The summed E-state index contributed by atoms with van der Waals surface area (Å²) >= 11 is 0. The lowest BCUT2D eigenvalue weighted by molar-refractivity contribution is -0.149. The SMILES string of the molecule is CC(C)(C)N[C@@H](c1ccccc1)C(C)(C)C(=O)O. The van der Waals surface area contributed by atoms with Gasteiger partial charge in [-0.3, -0.25) is 4.79 Å². The maximum atomic E-state index is 11.5. The Morgan fingerprint density at radius 3 is 2.00 bits per heavy atom. The Kier molecular flexibility index (Phi) is 4.17. The molecule has 18 heavy (non-hydrogen) atoms. The van der Waals surface area contributed by atoms with Crippen LogP contribution >= 0.6 is 0 Å². The highest BCUT2D eigenvalue weighted by Crippen LogP contribution is 2.35. The quantitative estimate of drug-likeness (QED) is 0.861. The van der Waals surface area contributed by atoms with Crippen molar-refractivity contribution in [3.63, 3.8) is 0 Å². The van der Waals surface area contributed by atoms with Crippen LogP contribution in [0.15, 0.2) is 30.3 Å². The first-order valence-electron chi connectivity index (χ1n) is 6.20. The van der Waals surface area contributed by atoms with Gasteiger partial charge in [0.15, 0.2) is 0 Å². The van der Waals surface area contributed by atoms with Crippen LogP contribution < -0.4 is 5.32 Å². The highest BCUT2D eigenvalue weighted by atomic mass is 16.4. The molecule has 1 atom stereocenters. The average Bonchev–Trinajstić information content (AvgIpc) is 2.25. The molecule has 0 fully saturated rings. The molecule has 0 amide bonds. The monoisotopic (exact) mass is 249 g/mol. The zero-order valence-electron chi connectivity index (χ0n) is 11.8. The Morgan fingerprint density at radius 1 is 1.11 bits per heavy atom. The Hall–Kier alpha value is -1.35. The van der Waals surface area contributed by atoms with E-state index in [2.05, 4.69) is 5.32 Å². The molecular weight excluding hydrogens is 226 g/mol. The van der Waals surface area contributed by atoms with Gasteiger partial charge in [-0.2, -0.15) is 0 Å². The Bertz CT molecular complexity index is 404. The van der Waals surface area contributed by atoms with E-state index in [0.29, 0.717) is 0 Å². The predicted octanol–water partition coefficient (Wildman–Crippen LogP) is 3.23. The lowest BCUT2D eigenvalue weighted by atomic mass is 9.79. The third-order valence-corrected chi connectivity index (χ3v) is 2.98. The summed E-state index contributed by atoms with van der Waals surface area (Å²) in [5.74, 6) is -0.798. The zero-order chi connectivity index (χ0) is 14.0. The number of hydrogen-bond acceptors (Lipinski definition) is 2. The van der Waals surface area contributed by atoms with Crippen molar-refractivity contribution >= 4 is 5.97 Å². The van der Waals surface area contributed by atoms with E-state index in [4.69, 9.17) is 0 Å². The largest absolute Gasteiger partial charge is 0.481 e. The number of rotatable bonds is 4. The number of carbonyl (C=O) groups is 1. The fraction of sp³-hybridized carbons (Fsp3) is 0.533. The van der Waals surface area contributed by atoms with Crippen LogP contribution in [0.1, 0.15) is 46.2 Å². The molecule has 0 bridgehead atoms. The normalized spacial score (nSPS) is 14.3. The minimum atomic E-state index is -0.866. The minimum Gasteiger partial charge on any atom is -0.481 e. The fourth-order valence-corrected chi connectivity index (χ4v) is 1.88. The number of hydrogen-bond donors (Lipinski definition) is 2. The number of benzene rings is 1. The molecule has 0 aliphatic rings. The summed E-state index contributed by atoms with van der Waals surface area (Å²) in [7, 11) is 0. The Balaban J connectivity index is 3.15. The van der Waals surface area contributed by atoms with Gasteiger partial charge in [-0.1, -0.05) is 30.3 Å². The van der Waals surface area contributed by atoms with Crippen molar-refractivity contribution in [2.24, 2.45) is 5.41 Å². The zero-order valence-corrected chi connectivity index (χ0v) is 11.8. The molecule has 1 aromatic rings. The van der Waals surface area contributed by atoms with Crippen molar-refractivity contribution in [3.05, 3.63) is 35.9 Å². The summed E-state index contributed by atoms with van der Waals surface area (Å²) < 4.78 is 0. The first-order chi connectivity index (χ1) is 8.14. The molecule has 0 saturated heterocycles. The average molecular weight is 249 g/mol. The van der Waals surface area contributed by atoms with E-state index in [1.165, 1.54) is 0 Å². The highest BCUT2D eigenvalue weighted by Gasteiger charge is 2.39. The number of carboxylic acid groups (broad SMARTS) is 1. The third-order valence-electron chi connectivity index (χ3n) is 2.98. The van der Waals surface area contributed by atoms with Crippen LogP contribution in [0, 0.1) is 5.41 Å². The van der Waals surface area contributed by atoms with Gasteiger partial charge in [0, 0.05) is 11.6 Å². The van der Waals surface area contributed by atoms with Gasteiger partial charge in [0.05, 0.1) is 5.41 Å². The van der Waals surface area contributed by atoms with Crippen molar-refractivity contribution in [3.8, 4) is 0 Å². The van der Waals surface area contributed by atoms with Crippen molar-refractivity contribution in [2.45, 2.75) is 46.2 Å². The van der Waals surface area contributed by atoms with Crippen molar-refractivity contribution < 1.29 is 9.90 Å². The van der Waals surface area contributed by atoms with E-state index in [1.54, 1.807) is 13.8 Å². The van der Waals surface area contributed by atoms with E-state index in [-0.39, 0.29) is 11.6 Å². The molecule has 1 aromatic carbocycles. The second kappa shape index (κ2) is 5.11. The molecule has 0 radical (unpaired) electrons. The molecule has 100 valence electrons. The maximum Gasteiger partial charge on any atom is 0.311 e. The number of carboxylic acids is 1. The van der Waals surface area contributed by atoms with Crippen LogP contribution in [0.5, 0.6) is 0 Å². The summed E-state index contributed by atoms with van der Waals surface area (Å²) in [6, 6.07) is 9.51. The van der Waals surface area contributed by atoms with Crippen LogP contribution in [-0.4, -0.2) is 16.6 Å². The standard InChI is InChI=1S/C15H23NO2/c1-14(2,3)16-12(15(4,5)13(17)18)11-9-7-6-8-10-11/h6-10,12,16H,1-5H3,(H,17,18)/t12-/m0/s1. The summed E-state index contributed by atoms with van der Waals surface area (Å²) in [5.41, 5.74) is -0.0122. The smallest absolute Gasteiger partial charge is 0.311 e. The lowest BCUT2D eigenvalue weighted by Crippen LogP contribution is -2.47. The second-order valence-electron chi connectivity index (χ2n) is 6.26. The second-order valence-corrected chi connectivity index (χ2v) is 6.26. The molecular formula is C15H23NO2. The minimum absolute atomic E-state index is 0.146. The van der Waals surface area contributed by atoms with E-state index in [0.717, 1.165) is 5.56 Å². The van der Waals surface area contributed by atoms with Gasteiger partial charge < -0.3 is 10.4 Å². The summed E-state index contributed by atoms with van der Waals surface area (Å²) in [6.45, 7) is 9.64. The van der Waals surface area contributed by atoms with Gasteiger partial charge in [0.1, 0.15) is 0 Å². The Morgan fingerprint density at radius 2 is 1.61 bits per heavy atom. The van der Waals surface area contributed by atoms with Crippen LogP contribution in [0.25, 0.3) is 0 Å². The van der Waals surface area contributed by atoms with Crippen molar-refractivity contribution in [2.75, 3.05) is 0 Å². The highest BCUT2D eigenvalue weighted by molar-refractivity contribution is 5.75. The molecule has 3 nitrogen and oxygen atoms in total. The topological polar surface area (TPSA) is 49.3 Å². The molecule has 0 unspecified atom stereocenters. The van der Waals surface area contributed by atoms with E-state index >= 15 is 0 Å². The summed E-state index contributed by atoms with van der Waals surface area (Å²) in [4.78, 5) is 11.5. The molecule has 0 saturated carbocycles. The van der Waals surface area contributed by atoms with Crippen LogP contribution in [0.4, 0.5) is 0 Å². The molecule has 1 rings (SSSR count). The fourth-order valence-electron chi connectivity index (χ4n) is 1.88. The maximum absolute atomic E-state index is 11.5. The molecule has 0 spiro atoms. The van der Waals surface area contributed by atoms with Crippen LogP contribution in [0.2, 0.25) is 0 Å². The predicted molar refractivity (Wildman–Crippen MR) is 73.5 cm³/mol. The van der Waals surface area contributed by atoms with E-state index in [1.807, 2.05) is 51.1 Å². The molecule has 0 aliphatic heterocycles. The van der Waals surface area contributed by atoms with Gasteiger partial charge in [0.2, 0.25) is 0 Å². The first kappa shape index (κ1) is 14.7. The van der Waals surface area contributed by atoms with Crippen LogP contribution in [0.3, 0.4) is 0 Å². The van der Waals surface area contributed by atoms with E-state index in [9.17, 15) is 9.90 Å². The van der Waals surface area contributed by atoms with Gasteiger partial charge in [-0.25, -0.2) is 0 Å². The molecule has 0 aromatic heterocycles.